The van der Waals surface area contributed by atoms with Gasteiger partial charge in [-0.3, -0.25) is 4.79 Å². The monoisotopic (exact) mass is 292 g/mol. The van der Waals surface area contributed by atoms with Crippen LogP contribution >= 0.6 is 11.6 Å². The predicted molar refractivity (Wildman–Crippen MR) is 79.7 cm³/mol. The Labute approximate surface area is 121 Å². The standard InChI is InChI=1S/C15H14ClFN2O/c1-10-4-2-3-5-13(10)19-15(20)9-18-14-8-11(16)6-7-12(14)17/h2-8,18H,9H2,1H3,(H,19,20). The molecule has 0 fully saturated rings. The van der Waals surface area contributed by atoms with Gasteiger partial charge >= 0.3 is 0 Å². The fourth-order valence-corrected chi connectivity index (χ4v) is 1.89. The van der Waals surface area contributed by atoms with E-state index in [1.807, 2.05) is 31.2 Å². The lowest BCUT2D eigenvalue weighted by atomic mass is 10.2. The van der Waals surface area contributed by atoms with Gasteiger partial charge in [-0.15, -0.1) is 0 Å². The lowest BCUT2D eigenvalue weighted by molar-refractivity contribution is -0.114. The molecule has 0 aliphatic rings. The van der Waals surface area contributed by atoms with Crippen LogP contribution in [0.4, 0.5) is 15.8 Å². The number of benzene rings is 2. The Morgan fingerprint density at radius 3 is 2.70 bits per heavy atom. The molecule has 1 amide bonds. The number of rotatable bonds is 4. The van der Waals surface area contributed by atoms with E-state index in [0.717, 1.165) is 11.3 Å². The SMILES string of the molecule is Cc1ccccc1NC(=O)CNc1cc(Cl)ccc1F. The molecule has 2 aromatic rings. The summed E-state index contributed by atoms with van der Waals surface area (Å²) in [7, 11) is 0. The van der Waals surface area contributed by atoms with Crippen LogP contribution in [0.3, 0.4) is 0 Å². The van der Waals surface area contributed by atoms with Crippen LogP contribution in [0, 0.1) is 12.7 Å². The zero-order valence-corrected chi connectivity index (χ0v) is 11.7. The number of carbonyl (C=O) groups is 1. The highest BCUT2D eigenvalue weighted by molar-refractivity contribution is 6.30. The highest BCUT2D eigenvalue weighted by Gasteiger charge is 2.07. The molecule has 2 rings (SSSR count). The second kappa shape index (κ2) is 6.39. The third-order valence-corrected chi connectivity index (χ3v) is 3.02. The average molecular weight is 293 g/mol. The van der Waals surface area contributed by atoms with Crippen molar-refractivity contribution in [3.63, 3.8) is 0 Å². The van der Waals surface area contributed by atoms with E-state index in [9.17, 15) is 9.18 Å². The van der Waals surface area contributed by atoms with Crippen LogP contribution in [-0.2, 0) is 4.79 Å². The van der Waals surface area contributed by atoms with Crippen molar-refractivity contribution >= 4 is 28.9 Å². The molecule has 2 aromatic carbocycles. The molecule has 104 valence electrons. The highest BCUT2D eigenvalue weighted by atomic mass is 35.5. The second-order valence-corrected chi connectivity index (χ2v) is 4.78. The van der Waals surface area contributed by atoms with Gasteiger partial charge < -0.3 is 10.6 Å². The number of hydrogen-bond acceptors (Lipinski definition) is 2. The first kappa shape index (κ1) is 14.3. The third-order valence-electron chi connectivity index (χ3n) is 2.79. The van der Waals surface area contributed by atoms with Crippen molar-refractivity contribution < 1.29 is 9.18 Å². The van der Waals surface area contributed by atoms with Gasteiger partial charge in [0.1, 0.15) is 5.82 Å². The fourth-order valence-electron chi connectivity index (χ4n) is 1.72. The minimum atomic E-state index is -0.446. The third kappa shape index (κ3) is 3.71. The summed E-state index contributed by atoms with van der Waals surface area (Å²) in [6.07, 6.45) is 0. The van der Waals surface area contributed by atoms with E-state index in [2.05, 4.69) is 10.6 Å². The van der Waals surface area contributed by atoms with Crippen LogP contribution < -0.4 is 10.6 Å². The Morgan fingerprint density at radius 2 is 1.95 bits per heavy atom. The molecule has 3 nitrogen and oxygen atoms in total. The maximum absolute atomic E-state index is 13.5. The number of halogens is 2. The Kier molecular flexibility index (Phi) is 4.58. The van der Waals surface area contributed by atoms with E-state index in [4.69, 9.17) is 11.6 Å². The summed E-state index contributed by atoms with van der Waals surface area (Å²) in [5.74, 6) is -0.697. The predicted octanol–water partition coefficient (Wildman–Crippen LogP) is 3.84. The molecule has 0 heterocycles. The van der Waals surface area contributed by atoms with E-state index in [1.54, 1.807) is 0 Å². The molecule has 2 N–H and O–H groups in total. The van der Waals surface area contributed by atoms with Gasteiger partial charge in [-0.2, -0.15) is 0 Å². The number of para-hydroxylation sites is 1. The smallest absolute Gasteiger partial charge is 0.243 e. The van der Waals surface area contributed by atoms with Crippen molar-refractivity contribution in [2.75, 3.05) is 17.2 Å². The molecule has 0 unspecified atom stereocenters. The molecule has 0 aliphatic heterocycles. The van der Waals surface area contributed by atoms with Gasteiger partial charge in [-0.1, -0.05) is 29.8 Å². The summed E-state index contributed by atoms with van der Waals surface area (Å²) >= 11 is 5.78. The first-order valence-electron chi connectivity index (χ1n) is 6.10. The van der Waals surface area contributed by atoms with Crippen LogP contribution in [0.25, 0.3) is 0 Å². The Bertz CT molecular complexity index is 631. The van der Waals surface area contributed by atoms with Crippen molar-refractivity contribution in [3.8, 4) is 0 Å². The summed E-state index contributed by atoms with van der Waals surface area (Å²) in [4.78, 5) is 11.8. The highest BCUT2D eigenvalue weighted by Crippen LogP contribution is 2.19. The van der Waals surface area contributed by atoms with Crippen molar-refractivity contribution in [3.05, 3.63) is 58.9 Å². The molecule has 0 bridgehead atoms. The molecule has 0 atom stereocenters. The zero-order valence-electron chi connectivity index (χ0n) is 10.9. The van der Waals surface area contributed by atoms with Crippen molar-refractivity contribution in [1.29, 1.82) is 0 Å². The van der Waals surface area contributed by atoms with Gasteiger partial charge in [0.2, 0.25) is 5.91 Å². The lowest BCUT2D eigenvalue weighted by Crippen LogP contribution is -2.22. The second-order valence-electron chi connectivity index (χ2n) is 4.34. The van der Waals surface area contributed by atoms with Gasteiger partial charge in [-0.05, 0) is 36.8 Å². The normalized spacial score (nSPS) is 10.2. The summed E-state index contributed by atoms with van der Waals surface area (Å²) < 4.78 is 13.5. The average Bonchev–Trinajstić information content (AvgIpc) is 2.42. The van der Waals surface area contributed by atoms with Crippen LogP contribution in [-0.4, -0.2) is 12.5 Å². The molecule has 0 aliphatic carbocycles. The van der Waals surface area contributed by atoms with Crippen molar-refractivity contribution in [2.45, 2.75) is 6.92 Å². The van der Waals surface area contributed by atoms with E-state index in [1.165, 1.54) is 18.2 Å². The first-order valence-corrected chi connectivity index (χ1v) is 6.48. The number of nitrogens with one attached hydrogen (secondary N) is 2. The molecular weight excluding hydrogens is 279 g/mol. The number of hydrogen-bond donors (Lipinski definition) is 2. The van der Waals surface area contributed by atoms with Crippen molar-refractivity contribution in [1.82, 2.24) is 0 Å². The molecular formula is C15H14ClFN2O. The van der Waals surface area contributed by atoms with Crippen LogP contribution in [0.2, 0.25) is 5.02 Å². The number of aryl methyl sites for hydroxylation is 1. The van der Waals surface area contributed by atoms with Crippen LogP contribution in [0.5, 0.6) is 0 Å². The van der Waals surface area contributed by atoms with Gasteiger partial charge in [0, 0.05) is 10.7 Å². The van der Waals surface area contributed by atoms with E-state index >= 15 is 0 Å². The molecule has 20 heavy (non-hydrogen) atoms. The van der Waals surface area contributed by atoms with Crippen molar-refractivity contribution in [2.24, 2.45) is 0 Å². The van der Waals surface area contributed by atoms with Gasteiger partial charge in [0.25, 0.3) is 0 Å². The van der Waals surface area contributed by atoms with Crippen LogP contribution in [0.15, 0.2) is 42.5 Å². The molecule has 0 aromatic heterocycles. The minimum Gasteiger partial charge on any atom is -0.374 e. The number of amides is 1. The summed E-state index contributed by atoms with van der Waals surface area (Å²) in [5.41, 5.74) is 1.91. The zero-order chi connectivity index (χ0) is 14.5. The lowest BCUT2D eigenvalue weighted by Gasteiger charge is -2.10. The fraction of sp³-hybridized carbons (Fsp3) is 0.133. The largest absolute Gasteiger partial charge is 0.374 e. The molecule has 5 heteroatoms. The first-order chi connectivity index (χ1) is 9.56. The summed E-state index contributed by atoms with van der Waals surface area (Å²) in [6, 6.07) is 11.6. The maximum atomic E-state index is 13.5. The maximum Gasteiger partial charge on any atom is 0.243 e. The van der Waals surface area contributed by atoms with E-state index in [-0.39, 0.29) is 18.1 Å². The Hall–Kier alpha value is -2.07. The summed E-state index contributed by atoms with van der Waals surface area (Å²) in [5, 5.41) is 5.89. The van der Waals surface area contributed by atoms with E-state index in [0.29, 0.717) is 5.02 Å². The topological polar surface area (TPSA) is 41.1 Å². The Balaban J connectivity index is 1.96. The summed E-state index contributed by atoms with van der Waals surface area (Å²) in [6.45, 7) is 1.87. The van der Waals surface area contributed by atoms with Crippen LogP contribution in [0.1, 0.15) is 5.56 Å². The molecule has 0 radical (unpaired) electrons. The quantitative estimate of drug-likeness (QED) is 0.899. The molecule has 0 saturated heterocycles. The van der Waals surface area contributed by atoms with Gasteiger partial charge in [0.15, 0.2) is 0 Å². The number of anilines is 2. The van der Waals surface area contributed by atoms with Gasteiger partial charge in [-0.25, -0.2) is 4.39 Å². The minimum absolute atomic E-state index is 0.0361. The Morgan fingerprint density at radius 1 is 1.20 bits per heavy atom. The molecule has 0 saturated carbocycles. The van der Waals surface area contributed by atoms with Gasteiger partial charge in [0.05, 0.1) is 12.2 Å². The number of carbonyl (C=O) groups excluding carboxylic acids is 1. The van der Waals surface area contributed by atoms with E-state index < -0.39 is 5.82 Å². The molecule has 0 spiro atoms.